The topological polar surface area (TPSA) is 90.5 Å². The summed E-state index contributed by atoms with van der Waals surface area (Å²) >= 11 is 1.16. The molecular weight excluding hydrogens is 474 g/mol. The van der Waals surface area contributed by atoms with Crippen molar-refractivity contribution in [2.24, 2.45) is 0 Å². The highest BCUT2D eigenvalue weighted by molar-refractivity contribution is 7.12. The van der Waals surface area contributed by atoms with Crippen molar-refractivity contribution in [2.45, 2.75) is 19.0 Å². The van der Waals surface area contributed by atoms with Gasteiger partial charge in [-0.25, -0.2) is 9.18 Å². The molecule has 3 heterocycles. The minimum absolute atomic E-state index is 0.134. The van der Waals surface area contributed by atoms with Crippen LogP contribution in [-0.2, 0) is 4.79 Å². The number of rotatable bonds is 4. The maximum absolute atomic E-state index is 14.8. The highest BCUT2D eigenvalue weighted by Crippen LogP contribution is 2.30. The number of hydrogen-bond donors (Lipinski definition) is 4. The highest BCUT2D eigenvalue weighted by Gasteiger charge is 2.38. The molecule has 2 aromatic rings. The lowest BCUT2D eigenvalue weighted by Crippen LogP contribution is -2.21. The predicted octanol–water partition coefficient (Wildman–Crippen LogP) is 4.53. The zero-order chi connectivity index (χ0) is 24.7. The number of alkyl halides is 3. The number of benzene rings is 1. The van der Waals surface area contributed by atoms with Crippen LogP contribution in [0.25, 0.3) is 11.1 Å². The molecule has 1 aromatic carbocycles. The van der Waals surface area contributed by atoms with E-state index in [1.54, 1.807) is 5.38 Å². The van der Waals surface area contributed by atoms with Gasteiger partial charge in [-0.15, -0.1) is 11.3 Å². The van der Waals surface area contributed by atoms with Crippen molar-refractivity contribution in [1.82, 2.24) is 10.6 Å². The van der Waals surface area contributed by atoms with Crippen molar-refractivity contribution in [3.8, 4) is 0 Å². The molecule has 0 bridgehead atoms. The van der Waals surface area contributed by atoms with Crippen molar-refractivity contribution in [2.75, 3.05) is 31.5 Å². The number of carbonyl (C=O) groups excluding carboxylic acids is 1. The molecule has 0 radical (unpaired) electrons. The van der Waals surface area contributed by atoms with Gasteiger partial charge >= 0.3 is 12.1 Å². The van der Waals surface area contributed by atoms with Crippen LogP contribution >= 0.6 is 11.3 Å². The van der Waals surface area contributed by atoms with Crippen molar-refractivity contribution in [3.05, 3.63) is 63.6 Å². The second kappa shape index (κ2) is 11.4. The van der Waals surface area contributed by atoms with Gasteiger partial charge in [0.2, 0.25) is 0 Å². The fourth-order valence-corrected chi connectivity index (χ4v) is 4.28. The van der Waals surface area contributed by atoms with Crippen LogP contribution in [0.5, 0.6) is 0 Å². The quantitative estimate of drug-likeness (QED) is 0.466. The molecule has 0 saturated heterocycles. The Morgan fingerprint density at radius 3 is 2.03 bits per heavy atom. The van der Waals surface area contributed by atoms with Crippen molar-refractivity contribution >= 4 is 40.0 Å². The minimum Gasteiger partial charge on any atom is -0.475 e. The number of carboxylic acid groups (broad SMARTS) is 1. The molecule has 6 nitrogen and oxygen atoms in total. The van der Waals surface area contributed by atoms with Gasteiger partial charge in [-0.3, -0.25) is 4.79 Å². The highest BCUT2D eigenvalue weighted by atomic mass is 32.1. The Kier molecular flexibility index (Phi) is 8.59. The monoisotopic (exact) mass is 497 g/mol. The summed E-state index contributed by atoms with van der Waals surface area (Å²) in [6, 6.07) is 7.75. The van der Waals surface area contributed by atoms with E-state index in [1.807, 2.05) is 30.3 Å². The van der Waals surface area contributed by atoms with Crippen LogP contribution in [0.3, 0.4) is 0 Å². The Bertz CT molecular complexity index is 1090. The number of carbonyl (C=O) groups is 2. The Labute approximate surface area is 197 Å². The smallest absolute Gasteiger partial charge is 0.475 e. The summed E-state index contributed by atoms with van der Waals surface area (Å²) < 4.78 is 46.5. The number of hydrogen-bond acceptors (Lipinski definition) is 5. The molecule has 4 rings (SSSR count). The molecule has 2 aliphatic rings. The number of nitrogens with one attached hydrogen (secondary N) is 3. The lowest BCUT2D eigenvalue weighted by molar-refractivity contribution is -0.192. The Balaban J connectivity index is 0.000000406. The van der Waals surface area contributed by atoms with Gasteiger partial charge in [-0.05, 0) is 54.8 Å². The van der Waals surface area contributed by atoms with E-state index < -0.39 is 23.9 Å². The van der Waals surface area contributed by atoms with Gasteiger partial charge in [0.25, 0.3) is 5.91 Å². The van der Waals surface area contributed by atoms with Crippen LogP contribution < -0.4 is 16.0 Å². The van der Waals surface area contributed by atoms with E-state index in [9.17, 15) is 22.4 Å². The number of thiophene rings is 1. The molecule has 0 atom stereocenters. The van der Waals surface area contributed by atoms with Crippen LogP contribution in [0.4, 0.5) is 23.2 Å². The van der Waals surface area contributed by atoms with E-state index in [0.29, 0.717) is 11.3 Å². The molecule has 0 fully saturated rings. The van der Waals surface area contributed by atoms with E-state index >= 15 is 0 Å². The third-order valence-corrected chi connectivity index (χ3v) is 6.12. The first kappa shape index (κ1) is 25.6. The first-order valence-corrected chi connectivity index (χ1v) is 11.3. The minimum atomic E-state index is -5.08. The van der Waals surface area contributed by atoms with Crippen LogP contribution in [0.2, 0.25) is 0 Å². The molecule has 4 N–H and O–H groups in total. The zero-order valence-electron chi connectivity index (χ0n) is 18.0. The van der Waals surface area contributed by atoms with Gasteiger partial charge in [-0.1, -0.05) is 24.3 Å². The van der Waals surface area contributed by atoms with Gasteiger partial charge in [0.15, 0.2) is 5.82 Å². The van der Waals surface area contributed by atoms with Crippen LogP contribution in [-0.4, -0.2) is 49.3 Å². The Hall–Kier alpha value is -3.02. The molecule has 182 valence electrons. The van der Waals surface area contributed by atoms with Crippen LogP contribution in [0.15, 0.2) is 41.8 Å². The standard InChI is InChI=1S/C21H22FN3OS.C2HF3O2/c22-19-18(16-7-11-24-12-8-16)13-27-20(19)21(26)25-17-3-1-14(2-4-17)15-5-9-23-10-6-15;3-2(4,5)1(6)7/h1-5,7,13,23-24H,6,8-12H2,(H,25,26);(H,6,7). The lowest BCUT2D eigenvalue weighted by Gasteiger charge is -2.14. The number of halogens is 4. The largest absolute Gasteiger partial charge is 0.490 e. The molecule has 1 aromatic heterocycles. The average molecular weight is 498 g/mol. The Morgan fingerprint density at radius 2 is 1.53 bits per heavy atom. The summed E-state index contributed by atoms with van der Waals surface area (Å²) in [5, 5.41) is 18.2. The number of amides is 1. The number of aliphatic carboxylic acids is 1. The van der Waals surface area contributed by atoms with Gasteiger partial charge < -0.3 is 21.1 Å². The summed E-state index contributed by atoms with van der Waals surface area (Å²) in [6.45, 7) is 3.45. The third kappa shape index (κ3) is 6.75. The molecule has 0 aliphatic carbocycles. The molecule has 0 spiro atoms. The van der Waals surface area contributed by atoms with Crippen molar-refractivity contribution in [3.63, 3.8) is 0 Å². The molecule has 2 aliphatic heterocycles. The Morgan fingerprint density at radius 1 is 0.971 bits per heavy atom. The summed E-state index contributed by atoms with van der Waals surface area (Å²) in [6.07, 6.45) is 0.876. The van der Waals surface area contributed by atoms with Gasteiger partial charge in [0.05, 0.1) is 0 Å². The molecule has 0 unspecified atom stereocenters. The maximum atomic E-state index is 14.8. The molecule has 11 heteroatoms. The van der Waals surface area contributed by atoms with Crippen LogP contribution in [0, 0.1) is 5.82 Å². The fraction of sp³-hybridized carbons (Fsp3) is 0.304. The average Bonchev–Trinajstić information content (AvgIpc) is 3.22. The first-order chi connectivity index (χ1) is 16.2. The second-order valence-corrected chi connectivity index (χ2v) is 8.37. The maximum Gasteiger partial charge on any atom is 0.490 e. The number of carboxylic acids is 1. The van der Waals surface area contributed by atoms with E-state index in [1.165, 1.54) is 5.57 Å². The molecule has 1 amide bonds. The molecule has 0 saturated carbocycles. The van der Waals surface area contributed by atoms with E-state index in [-0.39, 0.29) is 4.88 Å². The fourth-order valence-electron chi connectivity index (χ4n) is 3.42. The lowest BCUT2D eigenvalue weighted by atomic mass is 10.00. The second-order valence-electron chi connectivity index (χ2n) is 7.49. The summed E-state index contributed by atoms with van der Waals surface area (Å²) in [7, 11) is 0. The van der Waals surface area contributed by atoms with Gasteiger partial charge in [0, 0.05) is 29.7 Å². The van der Waals surface area contributed by atoms with E-state index in [4.69, 9.17) is 9.90 Å². The molecular formula is C23H23F4N3O3S. The number of anilines is 1. The van der Waals surface area contributed by atoms with Gasteiger partial charge in [-0.2, -0.15) is 13.2 Å². The van der Waals surface area contributed by atoms with Crippen molar-refractivity contribution < 1.29 is 32.3 Å². The summed E-state index contributed by atoms with van der Waals surface area (Å²) in [4.78, 5) is 21.6. The van der Waals surface area contributed by atoms with E-state index in [0.717, 1.165) is 61.5 Å². The third-order valence-electron chi connectivity index (χ3n) is 5.17. The van der Waals surface area contributed by atoms with Gasteiger partial charge in [0.1, 0.15) is 4.88 Å². The van der Waals surface area contributed by atoms with Crippen molar-refractivity contribution in [1.29, 1.82) is 0 Å². The molecule has 34 heavy (non-hydrogen) atoms. The predicted molar refractivity (Wildman–Crippen MR) is 123 cm³/mol. The zero-order valence-corrected chi connectivity index (χ0v) is 18.8. The van der Waals surface area contributed by atoms with E-state index in [2.05, 4.69) is 22.0 Å². The first-order valence-electron chi connectivity index (χ1n) is 10.5. The normalized spacial score (nSPS) is 16.0. The SMILES string of the molecule is O=C(Nc1ccc(C2=CCNCC2)cc1)c1scc(C2=CCNCC2)c1F.O=C(O)C(F)(F)F. The summed E-state index contributed by atoms with van der Waals surface area (Å²) in [5.41, 5.74) is 4.68. The van der Waals surface area contributed by atoms with Crippen LogP contribution in [0.1, 0.15) is 33.6 Å². The summed E-state index contributed by atoms with van der Waals surface area (Å²) in [5.74, 6) is -3.57.